The Balaban J connectivity index is 2.07. The molecule has 2 rings (SSSR count). The highest BCUT2D eigenvalue weighted by Crippen LogP contribution is 2.18. The molecule has 0 saturated heterocycles. The Kier molecular flexibility index (Phi) is 3.14. The van der Waals surface area contributed by atoms with Crippen LogP contribution in [0.25, 0.3) is 0 Å². The van der Waals surface area contributed by atoms with E-state index in [9.17, 15) is 9.90 Å². The molecular formula is C13H13NO3. The van der Waals surface area contributed by atoms with Crippen LogP contribution in [0.1, 0.15) is 21.7 Å². The zero-order chi connectivity index (χ0) is 12.3. The van der Waals surface area contributed by atoms with E-state index < -0.39 is 0 Å². The Morgan fingerprint density at radius 3 is 2.94 bits per heavy atom. The Hall–Kier alpha value is -2.23. The number of nitrogens with one attached hydrogen (secondary N) is 1. The van der Waals surface area contributed by atoms with Crippen LogP contribution in [0, 0.1) is 6.92 Å². The van der Waals surface area contributed by atoms with E-state index in [4.69, 9.17) is 4.42 Å². The lowest BCUT2D eigenvalue weighted by Crippen LogP contribution is -2.22. The molecule has 2 aromatic rings. The topological polar surface area (TPSA) is 62.5 Å². The lowest BCUT2D eigenvalue weighted by molar-refractivity contribution is 0.0945. The minimum Gasteiger partial charge on any atom is -0.507 e. The first-order chi connectivity index (χ1) is 8.16. The summed E-state index contributed by atoms with van der Waals surface area (Å²) < 4.78 is 5.10. The Morgan fingerprint density at radius 1 is 1.41 bits per heavy atom. The molecule has 0 unspecified atom stereocenters. The van der Waals surface area contributed by atoms with E-state index in [2.05, 4.69) is 5.32 Å². The number of carbonyl (C=O) groups is 1. The summed E-state index contributed by atoms with van der Waals surface area (Å²) in [4.78, 5) is 11.8. The number of benzene rings is 1. The molecule has 2 N–H and O–H groups in total. The van der Waals surface area contributed by atoms with Crippen molar-refractivity contribution in [1.29, 1.82) is 0 Å². The number of amides is 1. The molecule has 17 heavy (non-hydrogen) atoms. The van der Waals surface area contributed by atoms with Crippen LogP contribution in [0.2, 0.25) is 0 Å². The van der Waals surface area contributed by atoms with Gasteiger partial charge in [0.1, 0.15) is 11.5 Å². The summed E-state index contributed by atoms with van der Waals surface area (Å²) in [6.45, 7) is 2.17. The van der Waals surface area contributed by atoms with E-state index >= 15 is 0 Å². The second-order valence-corrected chi connectivity index (χ2v) is 3.78. The number of phenols is 1. The van der Waals surface area contributed by atoms with Crippen LogP contribution in [0.15, 0.2) is 41.0 Å². The van der Waals surface area contributed by atoms with Crippen LogP contribution in [-0.2, 0) is 6.54 Å². The van der Waals surface area contributed by atoms with Crippen molar-refractivity contribution in [2.75, 3.05) is 0 Å². The SMILES string of the molecule is Cc1ccc(O)c(C(=O)NCc2ccco2)c1. The number of hydrogen-bond acceptors (Lipinski definition) is 3. The monoisotopic (exact) mass is 231 g/mol. The number of aryl methyl sites for hydroxylation is 1. The number of rotatable bonds is 3. The van der Waals surface area contributed by atoms with Gasteiger partial charge in [0.05, 0.1) is 18.4 Å². The Labute approximate surface area is 98.9 Å². The van der Waals surface area contributed by atoms with E-state index in [0.29, 0.717) is 12.3 Å². The fraction of sp³-hybridized carbons (Fsp3) is 0.154. The highest BCUT2D eigenvalue weighted by molar-refractivity contribution is 5.96. The molecule has 0 fully saturated rings. The molecule has 0 radical (unpaired) electrons. The van der Waals surface area contributed by atoms with Gasteiger partial charge in [-0.25, -0.2) is 0 Å². The van der Waals surface area contributed by atoms with Crippen molar-refractivity contribution < 1.29 is 14.3 Å². The van der Waals surface area contributed by atoms with E-state index in [0.717, 1.165) is 5.56 Å². The van der Waals surface area contributed by atoms with Gasteiger partial charge in [-0.15, -0.1) is 0 Å². The average molecular weight is 231 g/mol. The lowest BCUT2D eigenvalue weighted by atomic mass is 10.1. The minimum atomic E-state index is -0.317. The Morgan fingerprint density at radius 2 is 2.24 bits per heavy atom. The first kappa shape index (κ1) is 11.3. The number of furan rings is 1. The van der Waals surface area contributed by atoms with E-state index in [1.807, 2.05) is 6.92 Å². The van der Waals surface area contributed by atoms with E-state index in [-0.39, 0.29) is 17.2 Å². The van der Waals surface area contributed by atoms with Crippen molar-refractivity contribution in [3.05, 3.63) is 53.5 Å². The zero-order valence-corrected chi connectivity index (χ0v) is 9.43. The molecule has 0 bridgehead atoms. The molecule has 0 spiro atoms. The molecule has 88 valence electrons. The second kappa shape index (κ2) is 4.74. The summed E-state index contributed by atoms with van der Waals surface area (Å²) in [5.41, 5.74) is 1.20. The molecule has 4 heteroatoms. The van der Waals surface area contributed by atoms with Gasteiger partial charge >= 0.3 is 0 Å². The maximum Gasteiger partial charge on any atom is 0.255 e. The zero-order valence-electron chi connectivity index (χ0n) is 9.43. The molecule has 1 heterocycles. The summed E-state index contributed by atoms with van der Waals surface area (Å²) in [6, 6.07) is 8.44. The standard InChI is InChI=1S/C13H13NO3/c1-9-4-5-12(15)11(7-9)13(16)14-8-10-3-2-6-17-10/h2-7,15H,8H2,1H3,(H,14,16). The molecular weight excluding hydrogens is 218 g/mol. The quantitative estimate of drug-likeness (QED) is 0.851. The van der Waals surface area contributed by atoms with Gasteiger partial charge in [-0.1, -0.05) is 11.6 Å². The van der Waals surface area contributed by atoms with E-state index in [1.54, 1.807) is 30.5 Å². The highest BCUT2D eigenvalue weighted by atomic mass is 16.3. The maximum absolute atomic E-state index is 11.8. The first-order valence-corrected chi connectivity index (χ1v) is 5.27. The molecule has 4 nitrogen and oxygen atoms in total. The van der Waals surface area contributed by atoms with Crippen LogP contribution < -0.4 is 5.32 Å². The number of hydrogen-bond donors (Lipinski definition) is 2. The molecule has 1 aromatic heterocycles. The molecule has 1 amide bonds. The number of carbonyl (C=O) groups excluding carboxylic acids is 1. The normalized spacial score (nSPS) is 10.2. The number of aromatic hydroxyl groups is 1. The molecule has 0 saturated carbocycles. The highest BCUT2D eigenvalue weighted by Gasteiger charge is 2.11. The van der Waals surface area contributed by atoms with Gasteiger partial charge < -0.3 is 14.8 Å². The summed E-state index contributed by atoms with van der Waals surface area (Å²) in [6.07, 6.45) is 1.55. The fourth-order valence-corrected chi connectivity index (χ4v) is 1.51. The molecule has 0 aliphatic carbocycles. The van der Waals surface area contributed by atoms with Crippen molar-refractivity contribution in [2.45, 2.75) is 13.5 Å². The van der Waals surface area contributed by atoms with E-state index in [1.165, 1.54) is 6.07 Å². The fourth-order valence-electron chi connectivity index (χ4n) is 1.51. The van der Waals surface area contributed by atoms with Gasteiger partial charge in [-0.3, -0.25) is 4.79 Å². The van der Waals surface area contributed by atoms with Crippen molar-refractivity contribution in [1.82, 2.24) is 5.32 Å². The van der Waals surface area contributed by atoms with Crippen LogP contribution in [0.5, 0.6) is 5.75 Å². The Bertz CT molecular complexity index is 517. The van der Waals surface area contributed by atoms with Crippen LogP contribution in [-0.4, -0.2) is 11.0 Å². The van der Waals surface area contributed by atoms with Crippen LogP contribution in [0.3, 0.4) is 0 Å². The first-order valence-electron chi connectivity index (χ1n) is 5.27. The number of phenolic OH excluding ortho intramolecular Hbond substituents is 1. The summed E-state index contributed by atoms with van der Waals surface area (Å²) in [5.74, 6) is 0.334. The molecule has 0 aliphatic heterocycles. The third-order valence-electron chi connectivity index (χ3n) is 2.40. The molecule has 0 atom stereocenters. The third kappa shape index (κ3) is 2.66. The van der Waals surface area contributed by atoms with Crippen molar-refractivity contribution in [2.24, 2.45) is 0 Å². The van der Waals surface area contributed by atoms with Crippen LogP contribution >= 0.6 is 0 Å². The predicted molar refractivity (Wildman–Crippen MR) is 62.7 cm³/mol. The largest absolute Gasteiger partial charge is 0.507 e. The molecule has 0 aliphatic rings. The van der Waals surface area contributed by atoms with Gasteiger partial charge in [-0.2, -0.15) is 0 Å². The summed E-state index contributed by atoms with van der Waals surface area (Å²) >= 11 is 0. The van der Waals surface area contributed by atoms with Crippen molar-refractivity contribution >= 4 is 5.91 Å². The summed E-state index contributed by atoms with van der Waals surface area (Å²) in [7, 11) is 0. The smallest absolute Gasteiger partial charge is 0.255 e. The van der Waals surface area contributed by atoms with Crippen LogP contribution in [0.4, 0.5) is 0 Å². The third-order valence-corrected chi connectivity index (χ3v) is 2.40. The summed E-state index contributed by atoms with van der Waals surface area (Å²) in [5, 5.41) is 12.3. The maximum atomic E-state index is 11.8. The van der Waals surface area contributed by atoms with Crippen molar-refractivity contribution in [3.8, 4) is 5.75 Å². The van der Waals surface area contributed by atoms with Crippen molar-refractivity contribution in [3.63, 3.8) is 0 Å². The predicted octanol–water partition coefficient (Wildman–Crippen LogP) is 2.22. The van der Waals surface area contributed by atoms with Gasteiger partial charge in [0.15, 0.2) is 0 Å². The van der Waals surface area contributed by atoms with Gasteiger partial charge in [-0.05, 0) is 31.2 Å². The van der Waals surface area contributed by atoms with Gasteiger partial charge in [0.2, 0.25) is 0 Å². The van der Waals surface area contributed by atoms with Gasteiger partial charge in [0.25, 0.3) is 5.91 Å². The average Bonchev–Trinajstić information content (AvgIpc) is 2.82. The second-order valence-electron chi connectivity index (χ2n) is 3.78. The van der Waals surface area contributed by atoms with Gasteiger partial charge in [0, 0.05) is 0 Å². The lowest BCUT2D eigenvalue weighted by Gasteiger charge is -2.06. The minimum absolute atomic E-state index is 0.0208. The molecule has 1 aromatic carbocycles.